The van der Waals surface area contributed by atoms with Gasteiger partial charge in [-0.05, 0) is 25.7 Å². The first-order valence-electron chi connectivity index (χ1n) is 5.77. The number of hydrogen-bond acceptors (Lipinski definition) is 1. The Labute approximate surface area is 84.7 Å². The van der Waals surface area contributed by atoms with Gasteiger partial charge in [0.25, 0.3) is 0 Å². The summed E-state index contributed by atoms with van der Waals surface area (Å²) in [5.41, 5.74) is 6.27. The SMILES string of the molecule is CBCCCCC(C)(N)CC(C)C. The zero-order valence-electron chi connectivity index (χ0n) is 9.90. The summed E-state index contributed by atoms with van der Waals surface area (Å²) in [6.45, 7) is 8.93. The van der Waals surface area contributed by atoms with Crippen molar-refractivity contribution in [2.24, 2.45) is 11.7 Å². The summed E-state index contributed by atoms with van der Waals surface area (Å²) in [4.78, 5) is 0. The Morgan fingerprint density at radius 3 is 2.38 bits per heavy atom. The lowest BCUT2D eigenvalue weighted by atomic mass is 9.75. The third-order valence-corrected chi connectivity index (χ3v) is 2.48. The molecule has 0 aliphatic rings. The summed E-state index contributed by atoms with van der Waals surface area (Å²) in [5.74, 6) is 0.723. The van der Waals surface area contributed by atoms with Gasteiger partial charge in [-0.3, -0.25) is 0 Å². The zero-order valence-corrected chi connectivity index (χ0v) is 9.90. The number of nitrogens with two attached hydrogens (primary N) is 1. The molecule has 1 unspecified atom stereocenters. The highest BCUT2D eigenvalue weighted by Crippen LogP contribution is 2.20. The van der Waals surface area contributed by atoms with Crippen LogP contribution in [-0.2, 0) is 0 Å². The van der Waals surface area contributed by atoms with Crippen LogP contribution in [0.1, 0.15) is 46.5 Å². The fraction of sp³-hybridized carbons (Fsp3) is 1.00. The van der Waals surface area contributed by atoms with E-state index in [0.717, 1.165) is 12.3 Å². The lowest BCUT2D eigenvalue weighted by Crippen LogP contribution is -2.37. The Bertz CT molecular complexity index is 121. The average Bonchev–Trinajstić information content (AvgIpc) is 1.95. The molecule has 0 aromatic heterocycles. The predicted octanol–water partition coefficient (Wildman–Crippen LogP) is 2.82. The Balaban J connectivity index is 3.50. The van der Waals surface area contributed by atoms with E-state index in [4.69, 9.17) is 5.73 Å². The third-order valence-electron chi connectivity index (χ3n) is 2.48. The molecule has 0 aromatic rings. The molecular weight excluding hydrogens is 157 g/mol. The molecule has 0 bridgehead atoms. The van der Waals surface area contributed by atoms with Crippen LogP contribution in [-0.4, -0.2) is 12.8 Å². The monoisotopic (exact) mass is 183 g/mol. The van der Waals surface area contributed by atoms with Crippen molar-refractivity contribution in [1.82, 2.24) is 0 Å². The molecule has 0 radical (unpaired) electrons. The summed E-state index contributed by atoms with van der Waals surface area (Å²) in [5, 5.41) is 0. The van der Waals surface area contributed by atoms with Crippen LogP contribution in [0.3, 0.4) is 0 Å². The van der Waals surface area contributed by atoms with E-state index in [-0.39, 0.29) is 5.54 Å². The van der Waals surface area contributed by atoms with Gasteiger partial charge in [0.2, 0.25) is 0 Å². The fourth-order valence-corrected chi connectivity index (χ4v) is 1.99. The second-order valence-electron chi connectivity index (χ2n) is 5.06. The minimum Gasteiger partial charge on any atom is -0.325 e. The van der Waals surface area contributed by atoms with Gasteiger partial charge in [0.15, 0.2) is 0 Å². The van der Waals surface area contributed by atoms with Gasteiger partial charge in [-0.15, -0.1) is 0 Å². The smallest absolute Gasteiger partial charge is 0.117 e. The van der Waals surface area contributed by atoms with E-state index in [1.165, 1.54) is 32.9 Å². The van der Waals surface area contributed by atoms with Crippen molar-refractivity contribution in [2.45, 2.75) is 65.1 Å². The molecule has 0 spiro atoms. The fourth-order valence-electron chi connectivity index (χ4n) is 1.99. The first kappa shape index (κ1) is 13.0. The molecule has 0 fully saturated rings. The standard InChI is InChI=1S/C11H26BN/c1-10(2)9-11(3,13)7-5-6-8-12-4/h10,12H,5-9,13H2,1-4H3. The average molecular weight is 183 g/mol. The minimum atomic E-state index is 0.0713. The second-order valence-corrected chi connectivity index (χ2v) is 5.06. The molecule has 0 saturated heterocycles. The second kappa shape index (κ2) is 6.47. The number of hydrogen-bond donors (Lipinski definition) is 1. The van der Waals surface area contributed by atoms with Crippen LogP contribution < -0.4 is 5.73 Å². The van der Waals surface area contributed by atoms with E-state index >= 15 is 0 Å². The van der Waals surface area contributed by atoms with Gasteiger partial charge in [0, 0.05) is 5.54 Å². The van der Waals surface area contributed by atoms with Crippen molar-refractivity contribution in [1.29, 1.82) is 0 Å². The summed E-state index contributed by atoms with van der Waals surface area (Å²) in [6.07, 6.45) is 6.34. The van der Waals surface area contributed by atoms with E-state index in [9.17, 15) is 0 Å². The lowest BCUT2D eigenvalue weighted by molar-refractivity contribution is 0.338. The van der Waals surface area contributed by atoms with Crippen molar-refractivity contribution in [3.05, 3.63) is 0 Å². The largest absolute Gasteiger partial charge is 0.325 e. The Morgan fingerprint density at radius 2 is 1.92 bits per heavy atom. The van der Waals surface area contributed by atoms with Gasteiger partial charge in [-0.2, -0.15) is 0 Å². The number of rotatable bonds is 7. The van der Waals surface area contributed by atoms with Crippen LogP contribution in [0.5, 0.6) is 0 Å². The van der Waals surface area contributed by atoms with Gasteiger partial charge in [0.1, 0.15) is 7.28 Å². The van der Waals surface area contributed by atoms with Crippen molar-refractivity contribution in [3.63, 3.8) is 0 Å². The van der Waals surface area contributed by atoms with Gasteiger partial charge >= 0.3 is 0 Å². The Morgan fingerprint density at radius 1 is 1.31 bits per heavy atom. The molecular formula is C11H26BN. The summed E-state index contributed by atoms with van der Waals surface area (Å²) >= 11 is 0. The van der Waals surface area contributed by atoms with Crippen LogP contribution in [0.25, 0.3) is 0 Å². The maximum absolute atomic E-state index is 6.20. The Kier molecular flexibility index (Phi) is 6.49. The molecule has 1 nitrogen and oxygen atoms in total. The molecule has 0 amide bonds. The van der Waals surface area contributed by atoms with E-state index in [1.807, 2.05) is 0 Å². The van der Waals surface area contributed by atoms with Crippen LogP contribution in [0.2, 0.25) is 13.1 Å². The van der Waals surface area contributed by atoms with Crippen LogP contribution in [0, 0.1) is 5.92 Å². The van der Waals surface area contributed by atoms with Gasteiger partial charge in [-0.1, -0.05) is 39.8 Å². The molecule has 78 valence electrons. The molecule has 2 heteroatoms. The van der Waals surface area contributed by atoms with Gasteiger partial charge in [0.05, 0.1) is 0 Å². The van der Waals surface area contributed by atoms with E-state index in [2.05, 4.69) is 27.6 Å². The quantitative estimate of drug-likeness (QED) is 0.476. The predicted molar refractivity (Wildman–Crippen MR) is 63.7 cm³/mol. The molecule has 0 aromatic carbocycles. The summed E-state index contributed by atoms with van der Waals surface area (Å²) < 4.78 is 0. The normalized spacial score (nSPS) is 15.8. The Hall–Kier alpha value is 0.0249. The van der Waals surface area contributed by atoms with Crippen LogP contribution in [0.15, 0.2) is 0 Å². The van der Waals surface area contributed by atoms with E-state index in [1.54, 1.807) is 0 Å². The molecule has 0 saturated carbocycles. The van der Waals surface area contributed by atoms with Crippen molar-refractivity contribution in [3.8, 4) is 0 Å². The van der Waals surface area contributed by atoms with E-state index < -0.39 is 0 Å². The molecule has 13 heavy (non-hydrogen) atoms. The first-order chi connectivity index (χ1) is 5.98. The molecule has 0 heterocycles. The maximum atomic E-state index is 6.20. The van der Waals surface area contributed by atoms with Gasteiger partial charge in [-0.25, -0.2) is 0 Å². The molecule has 0 aliphatic carbocycles. The topological polar surface area (TPSA) is 26.0 Å². The van der Waals surface area contributed by atoms with E-state index in [0.29, 0.717) is 0 Å². The zero-order chi connectivity index (χ0) is 10.3. The summed E-state index contributed by atoms with van der Waals surface area (Å²) in [6, 6.07) is 0. The summed E-state index contributed by atoms with van der Waals surface area (Å²) in [7, 11) is 1.31. The molecule has 0 rings (SSSR count). The molecule has 2 N–H and O–H groups in total. The van der Waals surface area contributed by atoms with Crippen molar-refractivity contribution >= 4 is 7.28 Å². The first-order valence-corrected chi connectivity index (χ1v) is 5.77. The molecule has 0 aliphatic heterocycles. The van der Waals surface area contributed by atoms with Crippen molar-refractivity contribution < 1.29 is 0 Å². The van der Waals surface area contributed by atoms with Crippen LogP contribution in [0.4, 0.5) is 0 Å². The third kappa shape index (κ3) is 8.36. The highest BCUT2D eigenvalue weighted by Gasteiger charge is 2.18. The highest BCUT2D eigenvalue weighted by molar-refractivity contribution is 6.33. The lowest BCUT2D eigenvalue weighted by Gasteiger charge is -2.26. The number of unbranched alkanes of at least 4 members (excludes halogenated alkanes) is 1. The minimum absolute atomic E-state index is 0.0713. The maximum Gasteiger partial charge on any atom is 0.117 e. The van der Waals surface area contributed by atoms with Crippen LogP contribution >= 0.6 is 0 Å². The molecule has 1 atom stereocenters. The van der Waals surface area contributed by atoms with Crippen molar-refractivity contribution in [2.75, 3.05) is 0 Å². The highest BCUT2D eigenvalue weighted by atomic mass is 14.7. The van der Waals surface area contributed by atoms with Gasteiger partial charge < -0.3 is 5.73 Å².